The molecule has 2 heterocycles. The highest BCUT2D eigenvalue weighted by molar-refractivity contribution is 5.79. The number of rotatable bonds is 6. The second-order valence-electron chi connectivity index (χ2n) is 5.79. The van der Waals surface area contributed by atoms with E-state index >= 15 is 0 Å². The number of benzene rings is 1. The molecule has 0 aliphatic carbocycles. The van der Waals surface area contributed by atoms with E-state index in [1.165, 1.54) is 12.1 Å². The zero-order valence-corrected chi connectivity index (χ0v) is 13.9. The lowest BCUT2D eigenvalue weighted by Gasteiger charge is -2.11. The number of aromatic nitrogens is 3. The molecule has 1 aromatic heterocycles. The number of nitrogens with zero attached hydrogens (tertiary/aromatic N) is 4. The maximum atomic E-state index is 12.9. The van der Waals surface area contributed by atoms with E-state index in [4.69, 9.17) is 0 Å². The van der Waals surface area contributed by atoms with Crippen molar-refractivity contribution in [1.82, 2.24) is 25.4 Å². The molecule has 128 valence electrons. The van der Waals surface area contributed by atoms with Gasteiger partial charge < -0.3 is 15.2 Å². The van der Waals surface area contributed by atoms with Crippen molar-refractivity contribution in [2.24, 2.45) is 4.99 Å². The molecule has 3 rings (SSSR count). The fourth-order valence-electron chi connectivity index (χ4n) is 2.80. The van der Waals surface area contributed by atoms with Crippen LogP contribution in [0.3, 0.4) is 0 Å². The molecule has 0 saturated heterocycles. The Morgan fingerprint density at radius 1 is 1.25 bits per heavy atom. The lowest BCUT2D eigenvalue weighted by atomic mass is 10.1. The molecule has 2 aromatic rings. The summed E-state index contributed by atoms with van der Waals surface area (Å²) in [7, 11) is 0. The first-order valence-corrected chi connectivity index (χ1v) is 8.44. The number of guanidine groups is 1. The summed E-state index contributed by atoms with van der Waals surface area (Å²) in [4.78, 5) is 4.59. The second kappa shape index (κ2) is 7.90. The number of aliphatic imine (C=N–C) groups is 1. The number of fused-ring (bicyclic) bond motifs is 1. The van der Waals surface area contributed by atoms with Crippen molar-refractivity contribution in [2.45, 2.75) is 39.3 Å². The Morgan fingerprint density at radius 2 is 2.08 bits per heavy atom. The average Bonchev–Trinajstić information content (AvgIpc) is 3.18. The predicted molar refractivity (Wildman–Crippen MR) is 91.3 cm³/mol. The number of aryl methyl sites for hydroxylation is 1. The average molecular weight is 330 g/mol. The fourth-order valence-corrected chi connectivity index (χ4v) is 2.80. The standard InChI is InChI=1S/C17H23FN6/c1-2-19-17(20-10-9-13-5-7-14(18)8-6-13)21-12-16-23-22-15-4-3-11-24(15)16/h5-8H,2-4,9-12H2,1H3,(H2,19,20,21). The predicted octanol–water partition coefficient (Wildman–Crippen LogP) is 1.66. The van der Waals surface area contributed by atoms with Crippen molar-refractivity contribution in [2.75, 3.05) is 13.1 Å². The van der Waals surface area contributed by atoms with Crippen LogP contribution in [0.15, 0.2) is 29.3 Å². The van der Waals surface area contributed by atoms with Gasteiger partial charge in [-0.05, 0) is 37.5 Å². The molecule has 1 aliphatic rings. The van der Waals surface area contributed by atoms with Crippen molar-refractivity contribution in [3.63, 3.8) is 0 Å². The topological polar surface area (TPSA) is 67.1 Å². The minimum Gasteiger partial charge on any atom is -0.357 e. The molecule has 0 radical (unpaired) electrons. The minimum atomic E-state index is -0.206. The van der Waals surface area contributed by atoms with Crippen LogP contribution in [0.1, 0.15) is 30.6 Å². The van der Waals surface area contributed by atoms with E-state index < -0.39 is 0 Å². The molecule has 0 unspecified atom stereocenters. The van der Waals surface area contributed by atoms with Crippen LogP contribution in [0.4, 0.5) is 4.39 Å². The third-order valence-corrected chi connectivity index (χ3v) is 4.03. The smallest absolute Gasteiger partial charge is 0.191 e. The van der Waals surface area contributed by atoms with Gasteiger partial charge >= 0.3 is 0 Å². The zero-order chi connectivity index (χ0) is 16.8. The summed E-state index contributed by atoms with van der Waals surface area (Å²) in [6, 6.07) is 6.59. The van der Waals surface area contributed by atoms with Crippen molar-refractivity contribution < 1.29 is 4.39 Å². The van der Waals surface area contributed by atoms with E-state index in [0.717, 1.165) is 62.1 Å². The first-order chi connectivity index (χ1) is 11.8. The Bertz CT molecular complexity index is 692. The van der Waals surface area contributed by atoms with Gasteiger partial charge in [0.2, 0.25) is 0 Å². The van der Waals surface area contributed by atoms with Gasteiger partial charge in [0.15, 0.2) is 11.8 Å². The quantitative estimate of drug-likeness (QED) is 0.624. The minimum absolute atomic E-state index is 0.206. The monoisotopic (exact) mass is 330 g/mol. The highest BCUT2D eigenvalue weighted by Gasteiger charge is 2.16. The van der Waals surface area contributed by atoms with Crippen molar-refractivity contribution in [3.8, 4) is 0 Å². The molecule has 2 N–H and O–H groups in total. The number of nitrogens with one attached hydrogen (secondary N) is 2. The summed E-state index contributed by atoms with van der Waals surface area (Å²) >= 11 is 0. The molecule has 0 saturated carbocycles. The van der Waals surface area contributed by atoms with Crippen molar-refractivity contribution in [3.05, 3.63) is 47.3 Å². The molecule has 7 heteroatoms. The highest BCUT2D eigenvalue weighted by atomic mass is 19.1. The van der Waals surface area contributed by atoms with Gasteiger partial charge in [-0.15, -0.1) is 10.2 Å². The Kier molecular flexibility index (Phi) is 5.40. The third kappa shape index (κ3) is 4.10. The van der Waals surface area contributed by atoms with E-state index in [-0.39, 0.29) is 5.82 Å². The van der Waals surface area contributed by atoms with Crippen LogP contribution in [-0.2, 0) is 25.9 Å². The van der Waals surface area contributed by atoms with Gasteiger partial charge in [0.05, 0.1) is 0 Å². The summed E-state index contributed by atoms with van der Waals surface area (Å²) in [6.45, 7) is 5.06. The first-order valence-electron chi connectivity index (χ1n) is 8.44. The van der Waals surface area contributed by atoms with Crippen LogP contribution in [0, 0.1) is 5.82 Å². The Balaban J connectivity index is 1.54. The van der Waals surface area contributed by atoms with Crippen LogP contribution in [0.25, 0.3) is 0 Å². The maximum Gasteiger partial charge on any atom is 0.191 e. The van der Waals surface area contributed by atoms with E-state index in [9.17, 15) is 4.39 Å². The lowest BCUT2D eigenvalue weighted by Crippen LogP contribution is -2.38. The van der Waals surface area contributed by atoms with Gasteiger partial charge in [-0.1, -0.05) is 12.1 Å². The van der Waals surface area contributed by atoms with Gasteiger partial charge in [0, 0.05) is 26.1 Å². The second-order valence-corrected chi connectivity index (χ2v) is 5.79. The van der Waals surface area contributed by atoms with Crippen LogP contribution in [0.2, 0.25) is 0 Å². The molecular weight excluding hydrogens is 307 g/mol. The number of hydrogen-bond donors (Lipinski definition) is 2. The van der Waals surface area contributed by atoms with Crippen LogP contribution in [0.5, 0.6) is 0 Å². The van der Waals surface area contributed by atoms with E-state index in [2.05, 4.69) is 30.4 Å². The summed E-state index contributed by atoms with van der Waals surface area (Å²) in [6.07, 6.45) is 2.95. The largest absolute Gasteiger partial charge is 0.357 e. The number of hydrogen-bond acceptors (Lipinski definition) is 3. The third-order valence-electron chi connectivity index (χ3n) is 4.03. The molecule has 24 heavy (non-hydrogen) atoms. The Labute approximate surface area is 141 Å². The van der Waals surface area contributed by atoms with Crippen LogP contribution >= 0.6 is 0 Å². The van der Waals surface area contributed by atoms with Gasteiger partial charge in [-0.3, -0.25) is 0 Å². The van der Waals surface area contributed by atoms with Crippen LogP contribution in [-0.4, -0.2) is 33.8 Å². The zero-order valence-electron chi connectivity index (χ0n) is 13.9. The summed E-state index contributed by atoms with van der Waals surface area (Å²) in [5.41, 5.74) is 1.09. The first kappa shape index (κ1) is 16.4. The maximum absolute atomic E-state index is 12.9. The van der Waals surface area contributed by atoms with E-state index in [0.29, 0.717) is 6.54 Å². The van der Waals surface area contributed by atoms with Gasteiger partial charge in [-0.25, -0.2) is 9.38 Å². The summed E-state index contributed by atoms with van der Waals surface area (Å²) in [5, 5.41) is 15.0. The molecule has 0 amide bonds. The fraction of sp³-hybridized carbons (Fsp3) is 0.471. The van der Waals surface area contributed by atoms with Crippen molar-refractivity contribution >= 4 is 5.96 Å². The molecule has 0 bridgehead atoms. The van der Waals surface area contributed by atoms with E-state index in [1.807, 2.05) is 6.92 Å². The molecule has 0 spiro atoms. The Morgan fingerprint density at radius 3 is 2.88 bits per heavy atom. The molecular formula is C17H23FN6. The van der Waals surface area contributed by atoms with Crippen molar-refractivity contribution in [1.29, 1.82) is 0 Å². The Hall–Kier alpha value is -2.44. The normalized spacial score (nSPS) is 13.8. The summed E-state index contributed by atoms with van der Waals surface area (Å²) in [5.74, 6) is 2.53. The molecule has 6 nitrogen and oxygen atoms in total. The SMILES string of the molecule is CCNC(=NCc1nnc2n1CCC2)NCCc1ccc(F)cc1. The molecule has 0 fully saturated rings. The van der Waals surface area contributed by atoms with Crippen LogP contribution < -0.4 is 10.6 Å². The highest BCUT2D eigenvalue weighted by Crippen LogP contribution is 2.14. The molecule has 1 aromatic carbocycles. The molecule has 0 atom stereocenters. The van der Waals surface area contributed by atoms with Gasteiger partial charge in [-0.2, -0.15) is 0 Å². The summed E-state index contributed by atoms with van der Waals surface area (Å²) < 4.78 is 15.1. The molecule has 1 aliphatic heterocycles. The number of halogens is 1. The lowest BCUT2D eigenvalue weighted by molar-refractivity contribution is 0.626. The van der Waals surface area contributed by atoms with E-state index in [1.54, 1.807) is 12.1 Å². The van der Waals surface area contributed by atoms with Gasteiger partial charge in [0.1, 0.15) is 18.2 Å². The van der Waals surface area contributed by atoms with Gasteiger partial charge in [0.25, 0.3) is 0 Å².